The third-order valence-electron chi connectivity index (χ3n) is 3.14. The molecule has 0 atom stereocenters. The van der Waals surface area contributed by atoms with Gasteiger partial charge in [0.2, 0.25) is 5.91 Å². The van der Waals surface area contributed by atoms with Crippen molar-refractivity contribution >= 4 is 51.2 Å². The minimum absolute atomic E-state index is 0.170. The van der Waals surface area contributed by atoms with Crippen LogP contribution in [0.2, 0.25) is 0 Å². The van der Waals surface area contributed by atoms with Crippen LogP contribution in [0, 0.1) is 3.57 Å². The molecule has 0 aliphatic rings. The second kappa shape index (κ2) is 6.70. The van der Waals surface area contributed by atoms with Crippen LogP contribution >= 0.6 is 22.6 Å². The van der Waals surface area contributed by atoms with E-state index >= 15 is 0 Å². The molecule has 22 heavy (non-hydrogen) atoms. The van der Waals surface area contributed by atoms with Crippen molar-refractivity contribution in [3.63, 3.8) is 0 Å². The van der Waals surface area contributed by atoms with Crippen molar-refractivity contribution in [3.8, 4) is 0 Å². The highest BCUT2D eigenvalue weighted by Crippen LogP contribution is 2.13. The Balaban J connectivity index is 1.71. The van der Waals surface area contributed by atoms with E-state index in [0.717, 1.165) is 25.9 Å². The lowest BCUT2D eigenvalue weighted by Crippen LogP contribution is -2.07. The lowest BCUT2D eigenvalue weighted by Gasteiger charge is -2.02. The van der Waals surface area contributed by atoms with Gasteiger partial charge in [0.1, 0.15) is 0 Å². The summed E-state index contributed by atoms with van der Waals surface area (Å²) < 4.78 is 1.13. The van der Waals surface area contributed by atoms with Gasteiger partial charge in [-0.25, -0.2) is 4.98 Å². The summed E-state index contributed by atoms with van der Waals surface area (Å²) >= 11 is 2.23. The Labute approximate surface area is 142 Å². The van der Waals surface area contributed by atoms with E-state index in [9.17, 15) is 4.79 Å². The summed E-state index contributed by atoms with van der Waals surface area (Å²) in [6.07, 6.45) is 3.21. The number of anilines is 1. The molecule has 0 saturated heterocycles. The Morgan fingerprint density at radius 1 is 1.00 bits per heavy atom. The first-order chi connectivity index (χ1) is 10.7. The average Bonchev–Trinajstić information content (AvgIpc) is 2.55. The number of para-hydroxylation sites is 1. The lowest BCUT2D eigenvalue weighted by atomic mass is 10.2. The maximum atomic E-state index is 11.9. The minimum atomic E-state index is -0.170. The molecule has 0 aliphatic heterocycles. The summed E-state index contributed by atoms with van der Waals surface area (Å²) in [4.78, 5) is 16.4. The molecule has 1 N–H and O–H groups in total. The van der Waals surface area contributed by atoms with Crippen molar-refractivity contribution in [2.75, 3.05) is 5.32 Å². The van der Waals surface area contributed by atoms with Gasteiger partial charge in [0.25, 0.3) is 0 Å². The van der Waals surface area contributed by atoms with E-state index < -0.39 is 0 Å². The van der Waals surface area contributed by atoms with Crippen LogP contribution in [-0.4, -0.2) is 10.9 Å². The molecule has 3 nitrogen and oxygen atoms in total. The fraction of sp³-hybridized carbons (Fsp3) is 0. The predicted octanol–water partition coefficient (Wildman–Crippen LogP) is 4.49. The molecule has 108 valence electrons. The van der Waals surface area contributed by atoms with E-state index in [0.29, 0.717) is 0 Å². The van der Waals surface area contributed by atoms with E-state index in [1.54, 1.807) is 6.08 Å². The van der Waals surface area contributed by atoms with Gasteiger partial charge in [-0.3, -0.25) is 4.79 Å². The smallest absolute Gasteiger partial charge is 0.248 e. The van der Waals surface area contributed by atoms with Gasteiger partial charge in [-0.15, -0.1) is 0 Å². The Hall–Kier alpha value is -2.21. The van der Waals surface area contributed by atoms with Crippen LogP contribution in [0.3, 0.4) is 0 Å². The maximum absolute atomic E-state index is 11.9. The first kappa shape index (κ1) is 14.7. The Morgan fingerprint density at radius 2 is 1.77 bits per heavy atom. The number of nitrogens with one attached hydrogen (secondary N) is 1. The predicted molar refractivity (Wildman–Crippen MR) is 98.6 cm³/mol. The topological polar surface area (TPSA) is 42.0 Å². The quantitative estimate of drug-likeness (QED) is 0.520. The summed E-state index contributed by atoms with van der Waals surface area (Å²) in [6, 6.07) is 19.5. The number of carbonyl (C=O) groups is 1. The molecule has 0 bridgehead atoms. The summed E-state index contributed by atoms with van der Waals surface area (Å²) in [5.41, 5.74) is 2.46. The standard InChI is InChI=1S/C18H13IN2O/c19-14-6-9-16(10-7-14)21-18(22)12-11-15-8-5-13-3-1-2-4-17(13)20-15/h1-12H,(H,21,22)/b12-11+. The van der Waals surface area contributed by atoms with E-state index in [-0.39, 0.29) is 5.91 Å². The van der Waals surface area contributed by atoms with Gasteiger partial charge in [-0.2, -0.15) is 0 Å². The normalized spacial score (nSPS) is 11.0. The number of benzene rings is 2. The van der Waals surface area contributed by atoms with Crippen molar-refractivity contribution < 1.29 is 4.79 Å². The number of fused-ring (bicyclic) bond motifs is 1. The molecule has 0 fully saturated rings. The molecule has 3 rings (SSSR count). The molecule has 0 saturated carbocycles. The molecule has 1 amide bonds. The van der Waals surface area contributed by atoms with Gasteiger partial charge in [0.15, 0.2) is 0 Å². The second-order valence-corrected chi connectivity index (χ2v) is 6.00. The first-order valence-corrected chi connectivity index (χ1v) is 7.89. The molecule has 3 aromatic rings. The van der Waals surface area contributed by atoms with Crippen LogP contribution in [-0.2, 0) is 4.79 Å². The minimum Gasteiger partial charge on any atom is -0.323 e. The average molecular weight is 400 g/mol. The number of rotatable bonds is 3. The highest BCUT2D eigenvalue weighted by molar-refractivity contribution is 14.1. The molecular formula is C18H13IN2O. The van der Waals surface area contributed by atoms with E-state index in [2.05, 4.69) is 32.9 Å². The van der Waals surface area contributed by atoms with Crippen molar-refractivity contribution in [2.24, 2.45) is 0 Å². The van der Waals surface area contributed by atoms with Crippen LogP contribution in [0.4, 0.5) is 5.69 Å². The maximum Gasteiger partial charge on any atom is 0.248 e. The Morgan fingerprint density at radius 3 is 2.59 bits per heavy atom. The summed E-state index contributed by atoms with van der Waals surface area (Å²) in [5.74, 6) is -0.170. The van der Waals surface area contributed by atoms with E-state index in [4.69, 9.17) is 0 Å². The fourth-order valence-electron chi connectivity index (χ4n) is 2.05. The molecular weight excluding hydrogens is 387 g/mol. The van der Waals surface area contributed by atoms with Gasteiger partial charge < -0.3 is 5.32 Å². The van der Waals surface area contributed by atoms with E-state index in [1.165, 1.54) is 6.08 Å². The third-order valence-corrected chi connectivity index (χ3v) is 3.86. The summed E-state index contributed by atoms with van der Waals surface area (Å²) in [6.45, 7) is 0. The third kappa shape index (κ3) is 3.71. The van der Waals surface area contributed by atoms with Crippen LogP contribution in [0.25, 0.3) is 17.0 Å². The first-order valence-electron chi connectivity index (χ1n) is 6.81. The highest BCUT2D eigenvalue weighted by atomic mass is 127. The molecule has 4 heteroatoms. The fourth-order valence-corrected chi connectivity index (χ4v) is 2.41. The largest absolute Gasteiger partial charge is 0.323 e. The van der Waals surface area contributed by atoms with Crippen LogP contribution in [0.1, 0.15) is 5.69 Å². The second-order valence-electron chi connectivity index (χ2n) is 4.76. The van der Waals surface area contributed by atoms with Crippen molar-refractivity contribution in [1.29, 1.82) is 0 Å². The zero-order chi connectivity index (χ0) is 15.4. The van der Waals surface area contributed by atoms with Gasteiger partial charge in [0, 0.05) is 20.7 Å². The monoisotopic (exact) mass is 400 g/mol. The highest BCUT2D eigenvalue weighted by Gasteiger charge is 1.99. The van der Waals surface area contributed by atoms with Gasteiger partial charge in [-0.05, 0) is 65.1 Å². The van der Waals surface area contributed by atoms with Crippen molar-refractivity contribution in [2.45, 2.75) is 0 Å². The van der Waals surface area contributed by atoms with Crippen LogP contribution in [0.5, 0.6) is 0 Å². The molecule has 1 aromatic heterocycles. The van der Waals surface area contributed by atoms with Gasteiger partial charge in [0.05, 0.1) is 11.2 Å². The van der Waals surface area contributed by atoms with E-state index in [1.807, 2.05) is 60.7 Å². The van der Waals surface area contributed by atoms with Crippen LogP contribution in [0.15, 0.2) is 66.7 Å². The van der Waals surface area contributed by atoms with Crippen molar-refractivity contribution in [3.05, 3.63) is 76.0 Å². The van der Waals surface area contributed by atoms with Gasteiger partial charge >= 0.3 is 0 Å². The SMILES string of the molecule is O=C(/C=C/c1ccc2ccccc2n1)Nc1ccc(I)cc1. The lowest BCUT2D eigenvalue weighted by molar-refractivity contribution is -0.111. The summed E-state index contributed by atoms with van der Waals surface area (Å²) in [7, 11) is 0. The number of hydrogen-bond donors (Lipinski definition) is 1. The number of pyridine rings is 1. The molecule has 0 aliphatic carbocycles. The van der Waals surface area contributed by atoms with Crippen molar-refractivity contribution in [1.82, 2.24) is 4.98 Å². The van der Waals surface area contributed by atoms with Gasteiger partial charge in [-0.1, -0.05) is 24.3 Å². The number of hydrogen-bond acceptors (Lipinski definition) is 2. The zero-order valence-electron chi connectivity index (χ0n) is 11.7. The zero-order valence-corrected chi connectivity index (χ0v) is 13.8. The number of halogens is 1. The molecule has 0 spiro atoms. The number of nitrogens with zero attached hydrogens (tertiary/aromatic N) is 1. The van der Waals surface area contributed by atoms with Crippen LogP contribution < -0.4 is 5.32 Å². The molecule has 2 aromatic carbocycles. The number of carbonyl (C=O) groups excluding carboxylic acids is 1. The number of amides is 1. The number of aromatic nitrogens is 1. The Kier molecular flexibility index (Phi) is 4.48. The molecule has 0 radical (unpaired) electrons. The Bertz CT molecular complexity index is 841. The molecule has 1 heterocycles. The summed E-state index contributed by atoms with van der Waals surface area (Å²) in [5, 5.41) is 3.91. The molecule has 0 unspecified atom stereocenters.